The molecule has 0 radical (unpaired) electrons. The predicted octanol–water partition coefficient (Wildman–Crippen LogP) is 15.5. The van der Waals surface area contributed by atoms with Crippen LogP contribution in [0.2, 0.25) is 0 Å². The first-order valence-electron chi connectivity index (χ1n) is 20.2. The van der Waals surface area contributed by atoms with Gasteiger partial charge in [-0.15, -0.1) is 0 Å². The summed E-state index contributed by atoms with van der Waals surface area (Å²) in [4.78, 5) is 8.38. The average Bonchev–Trinajstić information content (AvgIpc) is 3.30. The summed E-state index contributed by atoms with van der Waals surface area (Å²) in [5.74, 6) is 0.806. The number of hydrogen-bond acceptors (Lipinski definition) is 4. The second-order valence-electron chi connectivity index (χ2n) is 15.2. The topological polar surface area (TPSA) is 43.9 Å². The van der Waals surface area contributed by atoms with E-state index in [1.54, 1.807) is 7.11 Å². The third-order valence-corrected chi connectivity index (χ3v) is 10.8. The molecule has 5 heteroatoms. The lowest BCUT2D eigenvalue weighted by atomic mass is 9.97. The van der Waals surface area contributed by atoms with Gasteiger partial charge in [-0.25, -0.2) is 4.85 Å². The first-order chi connectivity index (χ1) is 29.8. The summed E-state index contributed by atoms with van der Waals surface area (Å²) in [6.07, 6.45) is 8.09. The van der Waals surface area contributed by atoms with Crippen LogP contribution in [0.4, 0.5) is 39.8 Å². The molecule has 0 bridgehead atoms. The first kappa shape index (κ1) is 39.7. The highest BCUT2D eigenvalue weighted by molar-refractivity contribution is 6.01. The highest BCUT2D eigenvalue weighted by Gasteiger charge is 2.15. The molecule has 0 aliphatic carbocycles. The van der Waals surface area contributed by atoms with Crippen LogP contribution in [-0.4, -0.2) is 7.11 Å². The van der Waals surface area contributed by atoms with Gasteiger partial charge in [0.15, 0.2) is 5.69 Å². The van der Waals surface area contributed by atoms with Crippen molar-refractivity contribution >= 4 is 74.9 Å². The molecule has 61 heavy (non-hydrogen) atoms. The minimum atomic E-state index is 0.504. The lowest BCUT2D eigenvalue weighted by Crippen LogP contribution is -2.09. The number of aryl methyl sites for hydroxylation is 3. The molecule has 5 nitrogen and oxygen atoms in total. The lowest BCUT2D eigenvalue weighted by molar-refractivity contribution is 0.415. The van der Waals surface area contributed by atoms with Crippen molar-refractivity contribution in [1.29, 1.82) is 5.26 Å². The van der Waals surface area contributed by atoms with Crippen molar-refractivity contribution in [2.45, 2.75) is 20.8 Å². The maximum atomic E-state index is 10.3. The minimum Gasteiger partial charge on any atom is -0.497 e. The summed E-state index contributed by atoms with van der Waals surface area (Å²) in [7, 11) is 1.67. The molecular formula is C56H44N4O. The molecule has 0 fully saturated rings. The second-order valence-corrected chi connectivity index (χ2v) is 15.2. The number of anilines is 6. The van der Waals surface area contributed by atoms with E-state index in [0.29, 0.717) is 11.3 Å². The Kier molecular flexibility index (Phi) is 11.6. The van der Waals surface area contributed by atoms with Crippen LogP contribution in [0, 0.1) is 38.7 Å². The fraction of sp³-hybridized carbons (Fsp3) is 0.0714. The van der Waals surface area contributed by atoms with Crippen molar-refractivity contribution in [3.63, 3.8) is 0 Å². The van der Waals surface area contributed by atoms with E-state index in [1.165, 1.54) is 16.7 Å². The third kappa shape index (κ3) is 8.98. The van der Waals surface area contributed by atoms with E-state index in [2.05, 4.69) is 175 Å². The third-order valence-electron chi connectivity index (χ3n) is 10.8. The van der Waals surface area contributed by atoms with Gasteiger partial charge in [0.1, 0.15) is 5.75 Å². The van der Waals surface area contributed by atoms with Gasteiger partial charge in [-0.3, -0.25) is 0 Å². The molecule has 0 aliphatic rings. The standard InChI is InChI=1S/C56H44N4O/c1-39-6-20-47(21-7-39)59(48-22-8-40(2)9-23-48)50-26-16-42(17-27-50)12-14-44-34-46(38-57)54-35-45(37-56(58-4)55(54)36-44)15-13-43-18-28-51(29-19-43)60(49-24-10-41(3)11-25-49)52-30-32-53(61-5)33-31-52/h6-37H,1-3,5H3/b14-12-,15-13-. The quantitative estimate of drug-likeness (QED) is 0.0967. The summed E-state index contributed by atoms with van der Waals surface area (Å²) in [5.41, 5.74) is 14.8. The molecule has 0 spiro atoms. The Morgan fingerprint density at radius 2 is 0.803 bits per heavy atom. The summed E-state index contributed by atoms with van der Waals surface area (Å²) in [6.45, 7) is 14.4. The zero-order valence-electron chi connectivity index (χ0n) is 34.7. The summed E-state index contributed by atoms with van der Waals surface area (Å²) in [5, 5.41) is 11.8. The van der Waals surface area contributed by atoms with E-state index >= 15 is 0 Å². The normalized spacial score (nSPS) is 11.1. The van der Waals surface area contributed by atoms with Gasteiger partial charge in [-0.05, 0) is 157 Å². The molecule has 0 unspecified atom stereocenters. The van der Waals surface area contributed by atoms with Crippen LogP contribution in [0.15, 0.2) is 170 Å². The Labute approximate surface area is 358 Å². The van der Waals surface area contributed by atoms with Gasteiger partial charge in [-0.1, -0.05) is 108 Å². The van der Waals surface area contributed by atoms with Crippen LogP contribution in [0.25, 0.3) is 39.9 Å². The highest BCUT2D eigenvalue weighted by atomic mass is 16.5. The van der Waals surface area contributed by atoms with E-state index in [4.69, 9.17) is 11.3 Å². The molecule has 0 saturated carbocycles. The van der Waals surface area contributed by atoms with E-state index in [1.807, 2.05) is 60.7 Å². The van der Waals surface area contributed by atoms with Crippen LogP contribution in [0.5, 0.6) is 5.75 Å². The summed E-state index contributed by atoms with van der Waals surface area (Å²) in [6, 6.07) is 60.7. The van der Waals surface area contributed by atoms with Crippen LogP contribution in [0.1, 0.15) is 44.5 Å². The molecule has 0 N–H and O–H groups in total. The molecular weight excluding hydrogens is 745 g/mol. The first-order valence-corrected chi connectivity index (χ1v) is 20.2. The van der Waals surface area contributed by atoms with Crippen molar-refractivity contribution in [3.8, 4) is 11.8 Å². The maximum Gasteiger partial charge on any atom is 0.195 e. The SMILES string of the molecule is [C-]#[N+]c1cc(/C=C\c2ccc(N(c3ccc(C)cc3)c3ccc(OC)cc3)cc2)cc2c(C#N)cc(/C=C\c3ccc(N(c4ccc(C)cc4)c4ccc(C)cc4)cc3)cc12. The largest absolute Gasteiger partial charge is 0.497 e. The smallest absolute Gasteiger partial charge is 0.195 e. The molecule has 0 aromatic heterocycles. The van der Waals surface area contributed by atoms with Crippen LogP contribution < -0.4 is 14.5 Å². The van der Waals surface area contributed by atoms with Crippen molar-refractivity contribution in [1.82, 2.24) is 0 Å². The van der Waals surface area contributed by atoms with E-state index in [9.17, 15) is 5.26 Å². The van der Waals surface area contributed by atoms with Crippen LogP contribution in [-0.2, 0) is 0 Å². The van der Waals surface area contributed by atoms with Gasteiger partial charge in [-0.2, -0.15) is 5.26 Å². The van der Waals surface area contributed by atoms with Gasteiger partial charge in [0, 0.05) is 34.1 Å². The van der Waals surface area contributed by atoms with Crippen molar-refractivity contribution in [2.24, 2.45) is 0 Å². The second kappa shape index (κ2) is 17.8. The Morgan fingerprint density at radius 1 is 0.459 bits per heavy atom. The molecule has 294 valence electrons. The molecule has 0 saturated heterocycles. The number of fused-ring (bicyclic) bond motifs is 1. The Morgan fingerprint density at radius 3 is 1.18 bits per heavy atom. The highest BCUT2D eigenvalue weighted by Crippen LogP contribution is 2.38. The van der Waals surface area contributed by atoms with Crippen molar-refractivity contribution in [2.75, 3.05) is 16.9 Å². The molecule has 8 aromatic carbocycles. The Bertz CT molecular complexity index is 2910. The predicted molar refractivity (Wildman–Crippen MR) is 256 cm³/mol. The van der Waals surface area contributed by atoms with E-state index < -0.39 is 0 Å². The zero-order valence-corrected chi connectivity index (χ0v) is 34.7. The minimum absolute atomic E-state index is 0.504. The monoisotopic (exact) mass is 788 g/mol. The van der Waals surface area contributed by atoms with E-state index in [0.717, 1.165) is 72.9 Å². The summed E-state index contributed by atoms with van der Waals surface area (Å²) < 4.78 is 5.41. The number of methoxy groups -OCH3 is 1. The van der Waals surface area contributed by atoms with Gasteiger partial charge in [0.2, 0.25) is 0 Å². The van der Waals surface area contributed by atoms with Crippen LogP contribution in [0.3, 0.4) is 0 Å². The number of ether oxygens (including phenoxy) is 1. The molecule has 0 amide bonds. The summed E-state index contributed by atoms with van der Waals surface area (Å²) >= 11 is 0. The fourth-order valence-corrected chi connectivity index (χ4v) is 7.43. The van der Waals surface area contributed by atoms with Gasteiger partial charge >= 0.3 is 0 Å². The fourth-order valence-electron chi connectivity index (χ4n) is 7.43. The number of rotatable bonds is 11. The van der Waals surface area contributed by atoms with Crippen molar-refractivity contribution < 1.29 is 4.74 Å². The van der Waals surface area contributed by atoms with Gasteiger partial charge < -0.3 is 14.5 Å². The number of nitriles is 1. The Balaban J connectivity index is 1.03. The van der Waals surface area contributed by atoms with Gasteiger partial charge in [0.25, 0.3) is 0 Å². The number of nitrogens with zero attached hydrogens (tertiary/aromatic N) is 4. The van der Waals surface area contributed by atoms with Crippen LogP contribution >= 0.6 is 0 Å². The molecule has 0 aliphatic heterocycles. The molecule has 8 rings (SSSR count). The van der Waals surface area contributed by atoms with Gasteiger partial charge in [0.05, 0.1) is 25.3 Å². The lowest BCUT2D eigenvalue weighted by Gasteiger charge is -2.26. The average molecular weight is 789 g/mol. The van der Waals surface area contributed by atoms with E-state index in [-0.39, 0.29) is 0 Å². The zero-order chi connectivity index (χ0) is 42.3. The number of hydrogen-bond donors (Lipinski definition) is 0. The maximum absolute atomic E-state index is 10.3. The Hall–Kier alpha value is -8.12. The number of benzene rings is 8. The van der Waals surface area contributed by atoms with Crippen molar-refractivity contribution in [3.05, 3.63) is 226 Å². The molecule has 8 aromatic rings. The molecule has 0 atom stereocenters. The molecule has 0 heterocycles.